The highest BCUT2D eigenvalue weighted by molar-refractivity contribution is 5.76. The highest BCUT2D eigenvalue weighted by atomic mass is 16.2. The lowest BCUT2D eigenvalue weighted by molar-refractivity contribution is -0.131. The molecule has 17 heavy (non-hydrogen) atoms. The quantitative estimate of drug-likeness (QED) is 0.808. The van der Waals surface area contributed by atoms with E-state index in [1.807, 2.05) is 0 Å². The number of nitrogens with one attached hydrogen (secondary N) is 1. The third kappa shape index (κ3) is 2.82. The number of nitrogens with zero attached hydrogens (tertiary/aromatic N) is 1. The van der Waals surface area contributed by atoms with E-state index in [4.69, 9.17) is 0 Å². The zero-order valence-corrected chi connectivity index (χ0v) is 10.7. The molecule has 1 N–H and O–H groups in total. The van der Waals surface area contributed by atoms with Crippen LogP contribution < -0.4 is 5.32 Å². The Morgan fingerprint density at radius 3 is 2.29 bits per heavy atom. The second kappa shape index (κ2) is 4.97. The van der Waals surface area contributed by atoms with Gasteiger partial charge in [0.05, 0.1) is 0 Å². The minimum Gasteiger partial charge on any atom is -0.343 e. The molecule has 2 heterocycles. The maximum absolute atomic E-state index is 12.1. The topological polar surface area (TPSA) is 32.3 Å². The van der Waals surface area contributed by atoms with Crippen molar-refractivity contribution in [1.82, 2.24) is 10.2 Å². The minimum atomic E-state index is 0.421. The lowest BCUT2D eigenvalue weighted by atomic mass is 9.92. The second-order valence-corrected chi connectivity index (χ2v) is 6.12. The van der Waals surface area contributed by atoms with Gasteiger partial charge in [-0.15, -0.1) is 0 Å². The Hall–Kier alpha value is -0.570. The first kappa shape index (κ1) is 11.5. The fourth-order valence-corrected chi connectivity index (χ4v) is 3.36. The molecule has 0 aromatic carbocycles. The van der Waals surface area contributed by atoms with Gasteiger partial charge in [0.25, 0.3) is 0 Å². The zero-order chi connectivity index (χ0) is 11.7. The SMILES string of the molecule is O=C(CCC1CC1)N1CC[C@@H]2CNC[C@@H]2CC1. The Morgan fingerprint density at radius 2 is 1.71 bits per heavy atom. The zero-order valence-electron chi connectivity index (χ0n) is 10.7. The fourth-order valence-electron chi connectivity index (χ4n) is 3.36. The van der Waals surface area contributed by atoms with E-state index in [9.17, 15) is 4.79 Å². The first-order valence-electron chi connectivity index (χ1n) is 7.31. The van der Waals surface area contributed by atoms with Gasteiger partial charge in [0, 0.05) is 19.5 Å². The summed E-state index contributed by atoms with van der Waals surface area (Å²) in [6, 6.07) is 0. The Bertz CT molecular complexity index is 274. The smallest absolute Gasteiger partial charge is 0.222 e. The van der Waals surface area contributed by atoms with Crippen molar-refractivity contribution < 1.29 is 4.79 Å². The second-order valence-electron chi connectivity index (χ2n) is 6.12. The van der Waals surface area contributed by atoms with Gasteiger partial charge in [-0.2, -0.15) is 0 Å². The van der Waals surface area contributed by atoms with Crippen LogP contribution in [0.5, 0.6) is 0 Å². The highest BCUT2D eigenvalue weighted by Crippen LogP contribution is 2.34. The van der Waals surface area contributed by atoms with Crippen molar-refractivity contribution in [2.24, 2.45) is 17.8 Å². The molecule has 3 rings (SSSR count). The molecule has 3 nitrogen and oxygen atoms in total. The molecule has 0 bridgehead atoms. The van der Waals surface area contributed by atoms with Crippen LogP contribution in [0.15, 0.2) is 0 Å². The summed E-state index contributed by atoms with van der Waals surface area (Å²) >= 11 is 0. The van der Waals surface area contributed by atoms with Crippen molar-refractivity contribution in [1.29, 1.82) is 0 Å². The predicted molar refractivity (Wildman–Crippen MR) is 67.6 cm³/mol. The normalized spacial score (nSPS) is 33.3. The summed E-state index contributed by atoms with van der Waals surface area (Å²) in [5.41, 5.74) is 0. The van der Waals surface area contributed by atoms with E-state index in [-0.39, 0.29) is 0 Å². The summed E-state index contributed by atoms with van der Waals surface area (Å²) in [4.78, 5) is 14.3. The van der Waals surface area contributed by atoms with Crippen molar-refractivity contribution in [2.75, 3.05) is 26.2 Å². The molecule has 1 amide bonds. The van der Waals surface area contributed by atoms with E-state index in [0.29, 0.717) is 5.91 Å². The number of rotatable bonds is 3. The molecule has 0 aromatic heterocycles. The van der Waals surface area contributed by atoms with E-state index in [1.54, 1.807) is 0 Å². The molecule has 3 aliphatic rings. The molecule has 0 unspecified atom stereocenters. The molecular weight excluding hydrogens is 212 g/mol. The summed E-state index contributed by atoms with van der Waals surface area (Å²) in [5.74, 6) is 2.96. The van der Waals surface area contributed by atoms with Crippen LogP contribution in [0.1, 0.15) is 38.5 Å². The molecule has 2 aliphatic heterocycles. The van der Waals surface area contributed by atoms with E-state index in [0.717, 1.165) is 43.7 Å². The van der Waals surface area contributed by atoms with Crippen molar-refractivity contribution in [2.45, 2.75) is 38.5 Å². The monoisotopic (exact) mass is 236 g/mol. The summed E-state index contributed by atoms with van der Waals surface area (Å²) in [7, 11) is 0. The number of likely N-dealkylation sites (tertiary alicyclic amines) is 1. The number of hydrogen-bond acceptors (Lipinski definition) is 2. The summed E-state index contributed by atoms with van der Waals surface area (Å²) in [6.07, 6.45) is 7.11. The van der Waals surface area contributed by atoms with E-state index in [2.05, 4.69) is 10.2 Å². The van der Waals surface area contributed by atoms with Gasteiger partial charge in [0.1, 0.15) is 0 Å². The van der Waals surface area contributed by atoms with E-state index in [1.165, 1.54) is 38.8 Å². The van der Waals surface area contributed by atoms with Gasteiger partial charge in [-0.05, 0) is 50.1 Å². The van der Waals surface area contributed by atoms with Crippen molar-refractivity contribution in [3.05, 3.63) is 0 Å². The number of carbonyl (C=O) groups excluding carboxylic acids is 1. The van der Waals surface area contributed by atoms with Gasteiger partial charge in [0.15, 0.2) is 0 Å². The molecule has 2 atom stereocenters. The van der Waals surface area contributed by atoms with Crippen LogP contribution in [-0.2, 0) is 4.79 Å². The molecule has 3 fully saturated rings. The molecule has 96 valence electrons. The van der Waals surface area contributed by atoms with E-state index < -0.39 is 0 Å². The Balaban J connectivity index is 1.48. The molecule has 0 aromatic rings. The molecule has 1 aliphatic carbocycles. The van der Waals surface area contributed by atoms with Crippen LogP contribution >= 0.6 is 0 Å². The third-order valence-electron chi connectivity index (χ3n) is 4.84. The van der Waals surface area contributed by atoms with Crippen LogP contribution in [0.4, 0.5) is 0 Å². The Morgan fingerprint density at radius 1 is 1.06 bits per heavy atom. The van der Waals surface area contributed by atoms with Crippen molar-refractivity contribution >= 4 is 5.91 Å². The van der Waals surface area contributed by atoms with Gasteiger partial charge in [-0.25, -0.2) is 0 Å². The largest absolute Gasteiger partial charge is 0.343 e. The summed E-state index contributed by atoms with van der Waals surface area (Å²) in [5, 5.41) is 3.48. The van der Waals surface area contributed by atoms with Crippen LogP contribution in [-0.4, -0.2) is 37.0 Å². The number of carbonyl (C=O) groups is 1. The number of amides is 1. The molecule has 2 saturated heterocycles. The molecule has 0 radical (unpaired) electrons. The van der Waals surface area contributed by atoms with Crippen LogP contribution in [0, 0.1) is 17.8 Å². The van der Waals surface area contributed by atoms with Crippen LogP contribution in [0.25, 0.3) is 0 Å². The predicted octanol–water partition coefficient (Wildman–Crippen LogP) is 1.63. The van der Waals surface area contributed by atoms with E-state index >= 15 is 0 Å². The highest BCUT2D eigenvalue weighted by Gasteiger charge is 2.31. The van der Waals surface area contributed by atoms with Gasteiger partial charge >= 0.3 is 0 Å². The Kier molecular flexibility index (Phi) is 3.37. The standard InChI is InChI=1S/C14H24N2O/c17-14(4-3-11-1-2-11)16-7-5-12-9-15-10-13(12)6-8-16/h11-13,15H,1-10H2/t12-,13+. The number of hydrogen-bond donors (Lipinski definition) is 1. The van der Waals surface area contributed by atoms with Gasteiger partial charge in [0.2, 0.25) is 5.91 Å². The average Bonchev–Trinajstić information content (AvgIpc) is 3.10. The average molecular weight is 236 g/mol. The van der Waals surface area contributed by atoms with Crippen LogP contribution in [0.3, 0.4) is 0 Å². The maximum Gasteiger partial charge on any atom is 0.222 e. The van der Waals surface area contributed by atoms with Crippen molar-refractivity contribution in [3.8, 4) is 0 Å². The fraction of sp³-hybridized carbons (Fsp3) is 0.929. The summed E-state index contributed by atoms with van der Waals surface area (Å²) < 4.78 is 0. The number of fused-ring (bicyclic) bond motifs is 1. The molecule has 1 saturated carbocycles. The first-order valence-corrected chi connectivity index (χ1v) is 7.31. The van der Waals surface area contributed by atoms with Crippen molar-refractivity contribution in [3.63, 3.8) is 0 Å². The Labute approximate surface area is 104 Å². The lowest BCUT2D eigenvalue weighted by Gasteiger charge is -2.20. The summed E-state index contributed by atoms with van der Waals surface area (Å²) in [6.45, 7) is 4.36. The molecule has 0 spiro atoms. The lowest BCUT2D eigenvalue weighted by Crippen LogP contribution is -2.32. The van der Waals surface area contributed by atoms with Gasteiger partial charge in [-0.1, -0.05) is 12.8 Å². The minimum absolute atomic E-state index is 0.421. The van der Waals surface area contributed by atoms with Gasteiger partial charge in [-0.3, -0.25) is 4.79 Å². The third-order valence-corrected chi connectivity index (χ3v) is 4.84. The molecule has 3 heteroatoms. The van der Waals surface area contributed by atoms with Gasteiger partial charge < -0.3 is 10.2 Å². The maximum atomic E-state index is 12.1. The van der Waals surface area contributed by atoms with Crippen LogP contribution in [0.2, 0.25) is 0 Å². The molecular formula is C14H24N2O. The first-order chi connectivity index (χ1) is 8.33.